The Bertz CT molecular complexity index is 584. The number of non-ortho nitro benzene ring substituents is 1. The van der Waals surface area contributed by atoms with E-state index in [0.717, 1.165) is 31.2 Å². The molecule has 0 aliphatic heterocycles. The predicted octanol–water partition coefficient (Wildman–Crippen LogP) is 2.74. The number of nitro benzene ring substituents is 1. The van der Waals surface area contributed by atoms with Crippen LogP contribution in [0.3, 0.4) is 0 Å². The third kappa shape index (κ3) is 7.39. The lowest BCUT2D eigenvalue weighted by Gasteiger charge is -2.27. The average molecular weight is 460 g/mol. The number of nitrogens with zero attached hydrogens (tertiary/aromatic N) is 2. The minimum Gasteiger partial charge on any atom is -0.393 e. The fourth-order valence-electron chi connectivity index (χ4n) is 2.63. The number of rotatable bonds is 6. The fourth-order valence-corrected chi connectivity index (χ4v) is 2.63. The lowest BCUT2D eigenvalue weighted by molar-refractivity contribution is -0.384. The highest BCUT2D eigenvalue weighted by atomic mass is 127. The van der Waals surface area contributed by atoms with Gasteiger partial charge in [-0.3, -0.25) is 10.1 Å². The van der Waals surface area contributed by atoms with Crippen molar-refractivity contribution in [1.82, 2.24) is 10.6 Å². The second-order valence-corrected chi connectivity index (χ2v) is 5.91. The Labute approximate surface area is 164 Å². The lowest BCUT2D eigenvalue weighted by atomic mass is 9.93. The van der Waals surface area contributed by atoms with E-state index in [1.807, 2.05) is 0 Å². The minimum atomic E-state index is -0.414. The van der Waals surface area contributed by atoms with Gasteiger partial charge >= 0.3 is 0 Å². The van der Waals surface area contributed by atoms with E-state index in [-0.39, 0.29) is 35.8 Å². The molecule has 0 unspecified atom stereocenters. The van der Waals surface area contributed by atoms with Gasteiger partial charge in [-0.25, -0.2) is 4.99 Å². The monoisotopic (exact) mass is 460 g/mol. The Hall–Kier alpha value is -1.68. The van der Waals surface area contributed by atoms with E-state index in [1.54, 1.807) is 18.2 Å². The molecular weight excluding hydrogens is 435 g/mol. The maximum Gasteiger partial charge on any atom is 0.269 e. The van der Waals surface area contributed by atoms with Crippen molar-refractivity contribution in [2.75, 3.05) is 6.54 Å². The van der Waals surface area contributed by atoms with Crippen LogP contribution in [-0.4, -0.2) is 34.7 Å². The molecule has 0 saturated heterocycles. The van der Waals surface area contributed by atoms with E-state index in [2.05, 4.69) is 22.2 Å². The molecular formula is C17H25IN4O3. The number of guanidine groups is 1. The largest absolute Gasteiger partial charge is 0.393 e. The Kier molecular flexibility index (Phi) is 9.43. The first-order valence-corrected chi connectivity index (χ1v) is 8.15. The number of aliphatic hydroxyl groups excluding tert-OH is 1. The second kappa shape index (κ2) is 11.0. The van der Waals surface area contributed by atoms with Crippen LogP contribution in [0.1, 0.15) is 31.2 Å². The number of aliphatic imine (C=N–C) groups is 1. The van der Waals surface area contributed by atoms with Crippen LogP contribution in [0.15, 0.2) is 41.9 Å². The van der Waals surface area contributed by atoms with E-state index >= 15 is 0 Å². The molecule has 0 spiro atoms. The summed E-state index contributed by atoms with van der Waals surface area (Å²) >= 11 is 0. The molecule has 3 N–H and O–H groups in total. The Morgan fingerprint density at radius 2 is 1.96 bits per heavy atom. The maximum absolute atomic E-state index is 10.7. The van der Waals surface area contributed by atoms with Crippen LogP contribution in [0.5, 0.6) is 0 Å². The van der Waals surface area contributed by atoms with Gasteiger partial charge in [-0.15, -0.1) is 30.6 Å². The summed E-state index contributed by atoms with van der Waals surface area (Å²) in [4.78, 5) is 14.8. The van der Waals surface area contributed by atoms with E-state index in [0.29, 0.717) is 25.1 Å². The molecule has 138 valence electrons. The summed E-state index contributed by atoms with van der Waals surface area (Å²) in [6, 6.07) is 6.68. The molecule has 1 aliphatic rings. The summed E-state index contributed by atoms with van der Waals surface area (Å²) in [5.41, 5.74) is 0.978. The molecule has 1 aromatic rings. The van der Waals surface area contributed by atoms with E-state index in [1.165, 1.54) is 12.1 Å². The standard InChI is InChI=1S/C17H24N4O3.HI/c1-2-11-18-17(20-14-5-9-16(22)10-6-14)19-12-13-3-7-15(8-4-13)21(23)24;/h2-4,7-8,14,16,22H,1,5-6,9-12H2,(H2,18,19,20);1H. The number of nitro groups is 1. The number of hydrogen-bond donors (Lipinski definition) is 3. The van der Waals surface area contributed by atoms with Crippen molar-refractivity contribution in [3.8, 4) is 0 Å². The molecule has 0 aromatic heterocycles. The normalized spacial score (nSPS) is 20.3. The van der Waals surface area contributed by atoms with Gasteiger partial charge in [0.25, 0.3) is 5.69 Å². The lowest BCUT2D eigenvalue weighted by Crippen LogP contribution is -2.45. The minimum absolute atomic E-state index is 0. The third-order valence-corrected chi connectivity index (χ3v) is 4.02. The number of nitrogens with one attached hydrogen (secondary N) is 2. The number of benzene rings is 1. The van der Waals surface area contributed by atoms with Crippen molar-refractivity contribution in [3.63, 3.8) is 0 Å². The SMILES string of the molecule is C=CCNC(=NCc1ccc([N+](=O)[O-])cc1)NC1CCC(O)CC1.I. The third-order valence-electron chi connectivity index (χ3n) is 4.02. The van der Waals surface area contributed by atoms with Gasteiger partial charge in [-0.2, -0.15) is 0 Å². The molecule has 1 fully saturated rings. The summed E-state index contributed by atoms with van der Waals surface area (Å²) in [6.07, 6.45) is 4.99. The van der Waals surface area contributed by atoms with Crippen molar-refractivity contribution in [2.24, 2.45) is 4.99 Å². The van der Waals surface area contributed by atoms with Gasteiger partial charge < -0.3 is 15.7 Å². The van der Waals surface area contributed by atoms with Gasteiger partial charge in [0.1, 0.15) is 0 Å². The van der Waals surface area contributed by atoms with Crippen molar-refractivity contribution < 1.29 is 10.0 Å². The number of halogens is 1. The highest BCUT2D eigenvalue weighted by Crippen LogP contribution is 2.18. The zero-order valence-corrected chi connectivity index (χ0v) is 16.4. The Morgan fingerprint density at radius 3 is 2.52 bits per heavy atom. The van der Waals surface area contributed by atoms with Crippen LogP contribution in [0.2, 0.25) is 0 Å². The van der Waals surface area contributed by atoms with Crippen LogP contribution in [-0.2, 0) is 6.54 Å². The molecule has 1 aromatic carbocycles. The molecule has 0 amide bonds. The summed E-state index contributed by atoms with van der Waals surface area (Å²) in [5, 5.41) is 26.8. The van der Waals surface area contributed by atoms with Gasteiger partial charge in [0, 0.05) is 24.7 Å². The molecule has 0 heterocycles. The summed E-state index contributed by atoms with van der Waals surface area (Å²) in [5.74, 6) is 0.689. The molecule has 1 aliphatic carbocycles. The van der Waals surface area contributed by atoms with Crippen LogP contribution in [0.25, 0.3) is 0 Å². The first-order chi connectivity index (χ1) is 11.6. The smallest absolute Gasteiger partial charge is 0.269 e. The van der Waals surface area contributed by atoms with Crippen molar-refractivity contribution in [2.45, 2.75) is 44.4 Å². The molecule has 0 atom stereocenters. The quantitative estimate of drug-likeness (QED) is 0.151. The molecule has 25 heavy (non-hydrogen) atoms. The van der Waals surface area contributed by atoms with Crippen molar-refractivity contribution in [1.29, 1.82) is 0 Å². The van der Waals surface area contributed by atoms with E-state index in [9.17, 15) is 15.2 Å². The second-order valence-electron chi connectivity index (χ2n) is 5.91. The first-order valence-electron chi connectivity index (χ1n) is 8.15. The van der Waals surface area contributed by atoms with Gasteiger partial charge in [-0.05, 0) is 31.2 Å². The summed E-state index contributed by atoms with van der Waals surface area (Å²) in [6.45, 7) is 4.72. The fraction of sp³-hybridized carbons (Fsp3) is 0.471. The van der Waals surface area contributed by atoms with Crippen LogP contribution in [0.4, 0.5) is 5.69 Å². The molecule has 0 radical (unpaired) electrons. The molecule has 7 nitrogen and oxygen atoms in total. The van der Waals surface area contributed by atoms with Crippen LogP contribution >= 0.6 is 24.0 Å². The van der Waals surface area contributed by atoms with Gasteiger partial charge in [-0.1, -0.05) is 18.2 Å². The van der Waals surface area contributed by atoms with Crippen molar-refractivity contribution in [3.05, 3.63) is 52.6 Å². The number of hydrogen-bond acceptors (Lipinski definition) is 4. The van der Waals surface area contributed by atoms with Gasteiger partial charge in [0.15, 0.2) is 5.96 Å². The molecule has 2 rings (SSSR count). The highest BCUT2D eigenvalue weighted by Gasteiger charge is 2.19. The molecule has 0 bridgehead atoms. The van der Waals surface area contributed by atoms with Crippen LogP contribution in [0, 0.1) is 10.1 Å². The Morgan fingerprint density at radius 1 is 1.32 bits per heavy atom. The zero-order valence-electron chi connectivity index (χ0n) is 14.1. The zero-order chi connectivity index (χ0) is 17.4. The summed E-state index contributed by atoms with van der Waals surface area (Å²) < 4.78 is 0. The highest BCUT2D eigenvalue weighted by molar-refractivity contribution is 14.0. The predicted molar refractivity (Wildman–Crippen MR) is 109 cm³/mol. The van der Waals surface area contributed by atoms with Gasteiger partial charge in [0.2, 0.25) is 0 Å². The number of aliphatic hydroxyl groups is 1. The van der Waals surface area contributed by atoms with E-state index < -0.39 is 4.92 Å². The van der Waals surface area contributed by atoms with E-state index in [4.69, 9.17) is 0 Å². The molecule has 1 saturated carbocycles. The maximum atomic E-state index is 10.7. The average Bonchev–Trinajstić information content (AvgIpc) is 2.59. The molecule has 8 heteroatoms. The topological polar surface area (TPSA) is 99.8 Å². The van der Waals surface area contributed by atoms with Crippen molar-refractivity contribution >= 4 is 35.6 Å². The van der Waals surface area contributed by atoms with Crippen LogP contribution < -0.4 is 10.6 Å². The first kappa shape index (κ1) is 21.4. The summed E-state index contributed by atoms with van der Waals surface area (Å²) in [7, 11) is 0. The van der Waals surface area contributed by atoms with Gasteiger partial charge in [0.05, 0.1) is 17.6 Å². The Balaban J connectivity index is 0.00000312.